The standard InChI is InChI=1S/C26H26N2O3/c1-18(20-13-7-3-8-14-20)27-26(30)28-23-22(17-19-11-5-2-6-12-19)25(29)31-24(23)21-15-9-4-10-16-21/h2-16,18,22-24H,17H2,1H3,(H2,27,28,30)/t18-,22+,23+,24-/m1/s1. The highest BCUT2D eigenvalue weighted by atomic mass is 16.6. The second-order valence-corrected chi connectivity index (χ2v) is 7.84. The van der Waals surface area contributed by atoms with Crippen LogP contribution in [0.4, 0.5) is 4.79 Å². The molecule has 4 atom stereocenters. The van der Waals surface area contributed by atoms with Gasteiger partial charge in [0, 0.05) is 0 Å². The topological polar surface area (TPSA) is 67.4 Å². The lowest BCUT2D eigenvalue weighted by Gasteiger charge is -2.24. The Kier molecular flexibility index (Phi) is 6.32. The number of rotatable bonds is 6. The molecule has 158 valence electrons. The second kappa shape index (κ2) is 9.47. The molecule has 5 heteroatoms. The van der Waals surface area contributed by atoms with Crippen molar-refractivity contribution in [3.63, 3.8) is 0 Å². The molecule has 1 heterocycles. The molecule has 0 aliphatic carbocycles. The maximum atomic E-state index is 12.9. The Hall–Kier alpha value is -3.60. The lowest BCUT2D eigenvalue weighted by molar-refractivity contribution is -0.144. The van der Waals surface area contributed by atoms with E-state index in [1.165, 1.54) is 0 Å². The molecule has 0 bridgehead atoms. The van der Waals surface area contributed by atoms with Crippen molar-refractivity contribution in [3.8, 4) is 0 Å². The third-order valence-corrected chi connectivity index (χ3v) is 5.68. The van der Waals surface area contributed by atoms with Gasteiger partial charge in [-0.25, -0.2) is 4.79 Å². The molecule has 4 rings (SSSR count). The van der Waals surface area contributed by atoms with Gasteiger partial charge in [0.25, 0.3) is 0 Å². The first-order valence-electron chi connectivity index (χ1n) is 10.5. The van der Waals surface area contributed by atoms with E-state index in [1.807, 2.05) is 97.9 Å². The summed E-state index contributed by atoms with van der Waals surface area (Å²) in [7, 11) is 0. The Morgan fingerprint density at radius 2 is 1.48 bits per heavy atom. The Morgan fingerprint density at radius 3 is 2.13 bits per heavy atom. The Bertz CT molecular complexity index is 1010. The minimum absolute atomic E-state index is 0.165. The van der Waals surface area contributed by atoms with Crippen LogP contribution in [0.25, 0.3) is 0 Å². The van der Waals surface area contributed by atoms with Gasteiger partial charge in [-0.1, -0.05) is 91.0 Å². The lowest BCUT2D eigenvalue weighted by atomic mass is 9.89. The average Bonchev–Trinajstić information content (AvgIpc) is 3.10. The third-order valence-electron chi connectivity index (χ3n) is 5.68. The van der Waals surface area contributed by atoms with E-state index in [4.69, 9.17) is 4.74 Å². The fourth-order valence-electron chi connectivity index (χ4n) is 4.03. The molecule has 0 saturated carbocycles. The number of hydrogen-bond donors (Lipinski definition) is 2. The van der Waals surface area contributed by atoms with E-state index in [0.29, 0.717) is 6.42 Å². The van der Waals surface area contributed by atoms with Crippen LogP contribution in [0.2, 0.25) is 0 Å². The van der Waals surface area contributed by atoms with Crippen molar-refractivity contribution < 1.29 is 14.3 Å². The largest absolute Gasteiger partial charge is 0.455 e. The van der Waals surface area contributed by atoms with Crippen LogP contribution in [0.1, 0.15) is 35.8 Å². The number of esters is 1. The highest BCUT2D eigenvalue weighted by molar-refractivity contribution is 5.80. The molecule has 0 spiro atoms. The number of urea groups is 1. The molecule has 2 N–H and O–H groups in total. The average molecular weight is 415 g/mol. The molecule has 1 aliphatic heterocycles. The minimum atomic E-state index is -0.528. The number of hydrogen-bond acceptors (Lipinski definition) is 3. The quantitative estimate of drug-likeness (QED) is 0.581. The maximum absolute atomic E-state index is 12.9. The van der Waals surface area contributed by atoms with Crippen LogP contribution in [-0.4, -0.2) is 18.0 Å². The molecule has 2 amide bonds. The van der Waals surface area contributed by atoms with Crippen molar-refractivity contribution in [1.82, 2.24) is 10.6 Å². The van der Waals surface area contributed by atoms with E-state index in [2.05, 4.69) is 10.6 Å². The van der Waals surface area contributed by atoms with Gasteiger partial charge in [0.05, 0.1) is 18.0 Å². The van der Waals surface area contributed by atoms with Gasteiger partial charge in [-0.05, 0) is 30.0 Å². The van der Waals surface area contributed by atoms with Gasteiger partial charge < -0.3 is 15.4 Å². The molecule has 5 nitrogen and oxygen atoms in total. The maximum Gasteiger partial charge on any atom is 0.315 e. The van der Waals surface area contributed by atoms with Gasteiger partial charge in [-0.2, -0.15) is 0 Å². The highest BCUT2D eigenvalue weighted by Crippen LogP contribution is 2.35. The van der Waals surface area contributed by atoms with Crippen LogP contribution in [0.15, 0.2) is 91.0 Å². The predicted octanol–water partition coefficient (Wildman–Crippen LogP) is 4.57. The van der Waals surface area contributed by atoms with Crippen molar-refractivity contribution >= 4 is 12.0 Å². The Labute approximate surface area is 182 Å². The van der Waals surface area contributed by atoms with E-state index in [-0.39, 0.29) is 18.0 Å². The summed E-state index contributed by atoms with van der Waals surface area (Å²) in [6, 6.07) is 28.2. The first-order valence-corrected chi connectivity index (χ1v) is 10.5. The number of cyclic esters (lactones) is 1. The lowest BCUT2D eigenvalue weighted by Crippen LogP contribution is -2.47. The molecule has 0 unspecified atom stereocenters. The molecule has 3 aromatic carbocycles. The number of amides is 2. The minimum Gasteiger partial charge on any atom is -0.455 e. The first-order chi connectivity index (χ1) is 15.1. The van der Waals surface area contributed by atoms with E-state index in [1.54, 1.807) is 0 Å². The van der Waals surface area contributed by atoms with Gasteiger partial charge in [-0.15, -0.1) is 0 Å². The van der Waals surface area contributed by atoms with Crippen LogP contribution in [-0.2, 0) is 16.0 Å². The zero-order valence-electron chi connectivity index (χ0n) is 17.4. The molecule has 1 aliphatic rings. The molecule has 3 aromatic rings. The molecule has 0 radical (unpaired) electrons. The van der Waals surface area contributed by atoms with Crippen molar-refractivity contribution in [2.24, 2.45) is 5.92 Å². The SMILES string of the molecule is C[C@@H](NC(=O)N[C@H]1[C@H](Cc2ccccc2)C(=O)O[C@@H]1c1ccccc1)c1ccccc1. The van der Waals surface area contributed by atoms with Crippen molar-refractivity contribution in [1.29, 1.82) is 0 Å². The monoisotopic (exact) mass is 414 g/mol. The van der Waals surface area contributed by atoms with E-state index >= 15 is 0 Å². The number of ether oxygens (including phenoxy) is 1. The first kappa shape index (κ1) is 20.7. The fourth-order valence-corrected chi connectivity index (χ4v) is 4.03. The molecular weight excluding hydrogens is 388 g/mol. The van der Waals surface area contributed by atoms with Crippen molar-refractivity contribution in [3.05, 3.63) is 108 Å². The number of carbonyl (C=O) groups is 2. The van der Waals surface area contributed by atoms with Gasteiger partial charge in [0.15, 0.2) is 0 Å². The van der Waals surface area contributed by atoms with E-state index in [0.717, 1.165) is 16.7 Å². The van der Waals surface area contributed by atoms with Crippen LogP contribution in [0.3, 0.4) is 0 Å². The van der Waals surface area contributed by atoms with Gasteiger partial charge in [-0.3, -0.25) is 4.79 Å². The summed E-state index contributed by atoms with van der Waals surface area (Å²) in [4.78, 5) is 25.7. The molecule has 1 fully saturated rings. The smallest absolute Gasteiger partial charge is 0.315 e. The van der Waals surface area contributed by atoms with Crippen molar-refractivity contribution in [2.75, 3.05) is 0 Å². The van der Waals surface area contributed by atoms with Crippen LogP contribution < -0.4 is 10.6 Å². The van der Waals surface area contributed by atoms with Gasteiger partial charge in [0.1, 0.15) is 6.10 Å². The third kappa shape index (κ3) is 4.94. The Balaban J connectivity index is 1.54. The zero-order chi connectivity index (χ0) is 21.6. The number of benzene rings is 3. The summed E-state index contributed by atoms with van der Waals surface area (Å²) in [6.45, 7) is 1.93. The van der Waals surface area contributed by atoms with E-state index in [9.17, 15) is 9.59 Å². The highest BCUT2D eigenvalue weighted by Gasteiger charge is 2.46. The van der Waals surface area contributed by atoms with Gasteiger partial charge in [0.2, 0.25) is 0 Å². The predicted molar refractivity (Wildman–Crippen MR) is 119 cm³/mol. The summed E-state index contributed by atoms with van der Waals surface area (Å²) in [5, 5.41) is 6.01. The fraction of sp³-hybridized carbons (Fsp3) is 0.231. The van der Waals surface area contributed by atoms with Crippen LogP contribution in [0, 0.1) is 5.92 Å². The molecule has 31 heavy (non-hydrogen) atoms. The summed E-state index contributed by atoms with van der Waals surface area (Å²) in [5.74, 6) is -0.760. The van der Waals surface area contributed by atoms with Crippen molar-refractivity contribution in [2.45, 2.75) is 31.5 Å². The Morgan fingerprint density at radius 1 is 0.903 bits per heavy atom. The molecule has 0 aromatic heterocycles. The van der Waals surface area contributed by atoms with Gasteiger partial charge >= 0.3 is 12.0 Å². The summed E-state index contributed by atoms with van der Waals surface area (Å²) in [6.07, 6.45) is -0.0254. The summed E-state index contributed by atoms with van der Waals surface area (Å²) in [5.41, 5.74) is 2.91. The molecular formula is C26H26N2O3. The summed E-state index contributed by atoms with van der Waals surface area (Å²) >= 11 is 0. The normalized spacial score (nSPS) is 21.2. The zero-order valence-corrected chi connectivity index (χ0v) is 17.4. The number of carbonyl (C=O) groups excluding carboxylic acids is 2. The van der Waals surface area contributed by atoms with E-state index < -0.39 is 18.1 Å². The molecule has 1 saturated heterocycles. The second-order valence-electron chi connectivity index (χ2n) is 7.84. The number of nitrogens with one attached hydrogen (secondary N) is 2. The van der Waals surface area contributed by atoms with Crippen LogP contribution in [0.5, 0.6) is 0 Å². The summed E-state index contributed by atoms with van der Waals surface area (Å²) < 4.78 is 5.75. The van der Waals surface area contributed by atoms with Crippen LogP contribution >= 0.6 is 0 Å².